The summed E-state index contributed by atoms with van der Waals surface area (Å²) in [6.07, 6.45) is -0.818. The Morgan fingerprint density at radius 1 is 1.09 bits per heavy atom. The van der Waals surface area contributed by atoms with Crippen molar-refractivity contribution in [2.24, 2.45) is 0 Å². The molecular weight excluding hydrogens is 276 g/mol. The van der Waals surface area contributed by atoms with Crippen LogP contribution in [0.25, 0.3) is 0 Å². The van der Waals surface area contributed by atoms with Crippen LogP contribution in [0.15, 0.2) is 60.7 Å². The number of epoxide rings is 1. The number of benzene rings is 2. The molecule has 1 saturated heterocycles. The molecule has 0 saturated carbocycles. The molecular formula is C19H16O3. The van der Waals surface area contributed by atoms with Crippen molar-refractivity contribution in [3.8, 4) is 11.8 Å². The second kappa shape index (κ2) is 6.46. The van der Waals surface area contributed by atoms with Crippen molar-refractivity contribution >= 4 is 5.97 Å². The molecule has 0 spiro atoms. The molecule has 0 aliphatic carbocycles. The van der Waals surface area contributed by atoms with Crippen molar-refractivity contribution in [2.45, 2.75) is 25.2 Å². The van der Waals surface area contributed by atoms with Crippen molar-refractivity contribution in [1.82, 2.24) is 0 Å². The molecule has 1 fully saturated rings. The molecule has 0 N–H and O–H groups in total. The van der Waals surface area contributed by atoms with E-state index >= 15 is 0 Å². The number of hydrogen-bond donors (Lipinski definition) is 0. The quantitative estimate of drug-likeness (QED) is 0.496. The number of rotatable bonds is 3. The number of carbonyl (C=O) groups excluding carboxylic acids is 1. The predicted molar refractivity (Wildman–Crippen MR) is 82.9 cm³/mol. The molecule has 3 rings (SSSR count). The van der Waals surface area contributed by atoms with E-state index in [1.54, 1.807) is 0 Å². The van der Waals surface area contributed by atoms with Crippen molar-refractivity contribution < 1.29 is 14.3 Å². The van der Waals surface area contributed by atoms with E-state index in [4.69, 9.17) is 9.47 Å². The predicted octanol–water partition coefficient (Wildman–Crippen LogP) is 3.11. The fourth-order valence-corrected chi connectivity index (χ4v) is 2.30. The molecule has 3 atom stereocenters. The highest BCUT2D eigenvalue weighted by Crippen LogP contribution is 2.41. The first-order chi connectivity index (χ1) is 10.7. The van der Waals surface area contributed by atoms with Crippen LogP contribution in [-0.2, 0) is 14.3 Å². The van der Waals surface area contributed by atoms with Gasteiger partial charge in [-0.1, -0.05) is 60.4 Å². The maximum atomic E-state index is 11.3. The molecule has 3 unspecified atom stereocenters. The number of ether oxygens (including phenoxy) is 2. The van der Waals surface area contributed by atoms with Gasteiger partial charge in [-0.25, -0.2) is 0 Å². The highest BCUT2D eigenvalue weighted by molar-refractivity contribution is 5.66. The Kier molecular flexibility index (Phi) is 4.22. The van der Waals surface area contributed by atoms with E-state index in [0.717, 1.165) is 11.1 Å². The fraction of sp³-hybridized carbons (Fsp3) is 0.211. The molecule has 3 nitrogen and oxygen atoms in total. The minimum Gasteiger partial charge on any atom is -0.446 e. The molecule has 0 aromatic heterocycles. The van der Waals surface area contributed by atoms with E-state index in [-0.39, 0.29) is 18.2 Å². The van der Waals surface area contributed by atoms with Crippen LogP contribution < -0.4 is 0 Å². The van der Waals surface area contributed by atoms with Crippen molar-refractivity contribution in [2.75, 3.05) is 0 Å². The van der Waals surface area contributed by atoms with Gasteiger partial charge < -0.3 is 9.47 Å². The standard InChI is InChI=1S/C19H16O3/c1-14(20)21-17(13-12-15-8-4-2-5-9-15)19-18(22-19)16-10-6-3-7-11-16/h2-11,17-19H,1H3. The lowest BCUT2D eigenvalue weighted by Gasteiger charge is -2.08. The Morgan fingerprint density at radius 3 is 2.36 bits per heavy atom. The van der Waals surface area contributed by atoms with Gasteiger partial charge in [0.2, 0.25) is 0 Å². The fourth-order valence-electron chi connectivity index (χ4n) is 2.30. The summed E-state index contributed by atoms with van der Waals surface area (Å²) in [5, 5.41) is 0. The molecule has 2 aromatic rings. The normalized spacial score (nSPS) is 20.4. The van der Waals surface area contributed by atoms with Gasteiger partial charge in [-0.15, -0.1) is 0 Å². The van der Waals surface area contributed by atoms with Crippen LogP contribution in [0.1, 0.15) is 24.2 Å². The van der Waals surface area contributed by atoms with Gasteiger partial charge in [0.15, 0.2) is 6.10 Å². The first kappa shape index (κ1) is 14.4. The van der Waals surface area contributed by atoms with E-state index in [9.17, 15) is 4.79 Å². The summed E-state index contributed by atoms with van der Waals surface area (Å²) < 4.78 is 11.0. The van der Waals surface area contributed by atoms with Gasteiger partial charge in [0.05, 0.1) is 0 Å². The average molecular weight is 292 g/mol. The molecule has 0 bridgehead atoms. The molecule has 3 heteroatoms. The Morgan fingerprint density at radius 2 is 1.73 bits per heavy atom. The molecule has 1 aliphatic heterocycles. The van der Waals surface area contributed by atoms with Crippen molar-refractivity contribution in [1.29, 1.82) is 0 Å². The molecule has 2 aromatic carbocycles. The van der Waals surface area contributed by atoms with Gasteiger partial charge >= 0.3 is 5.97 Å². The minimum absolute atomic E-state index is 0.0596. The number of esters is 1. The monoisotopic (exact) mass is 292 g/mol. The van der Waals surface area contributed by atoms with Crippen LogP contribution in [0.4, 0.5) is 0 Å². The molecule has 0 radical (unpaired) electrons. The van der Waals surface area contributed by atoms with Crippen molar-refractivity contribution in [3.05, 3.63) is 71.8 Å². The van der Waals surface area contributed by atoms with Crippen LogP contribution in [0.5, 0.6) is 0 Å². The lowest BCUT2D eigenvalue weighted by atomic mass is 10.1. The Bertz CT molecular complexity index is 698. The first-order valence-electron chi connectivity index (χ1n) is 7.18. The minimum atomic E-state index is -0.553. The summed E-state index contributed by atoms with van der Waals surface area (Å²) in [6, 6.07) is 19.5. The average Bonchev–Trinajstić information content (AvgIpc) is 3.33. The highest BCUT2D eigenvalue weighted by atomic mass is 16.6. The lowest BCUT2D eigenvalue weighted by Crippen LogP contribution is -2.21. The third kappa shape index (κ3) is 3.55. The summed E-state index contributed by atoms with van der Waals surface area (Å²) in [6.45, 7) is 1.39. The van der Waals surface area contributed by atoms with E-state index in [1.807, 2.05) is 60.7 Å². The van der Waals surface area contributed by atoms with Gasteiger partial charge in [-0.2, -0.15) is 0 Å². The molecule has 1 heterocycles. The zero-order valence-corrected chi connectivity index (χ0v) is 12.2. The number of carbonyl (C=O) groups is 1. The largest absolute Gasteiger partial charge is 0.446 e. The van der Waals surface area contributed by atoms with E-state index < -0.39 is 6.10 Å². The van der Waals surface area contributed by atoms with Crippen LogP contribution in [-0.4, -0.2) is 18.2 Å². The van der Waals surface area contributed by atoms with Crippen molar-refractivity contribution in [3.63, 3.8) is 0 Å². The zero-order chi connectivity index (χ0) is 15.4. The Labute approximate surface area is 129 Å². The topological polar surface area (TPSA) is 38.8 Å². The Balaban J connectivity index is 1.75. The van der Waals surface area contributed by atoms with Crippen LogP contribution >= 0.6 is 0 Å². The van der Waals surface area contributed by atoms with Gasteiger partial charge in [0.1, 0.15) is 12.2 Å². The van der Waals surface area contributed by atoms with Crippen LogP contribution in [0, 0.1) is 11.8 Å². The maximum absolute atomic E-state index is 11.3. The van der Waals surface area contributed by atoms with Gasteiger partial charge in [0.25, 0.3) is 0 Å². The second-order valence-electron chi connectivity index (χ2n) is 5.10. The smallest absolute Gasteiger partial charge is 0.303 e. The summed E-state index contributed by atoms with van der Waals surface area (Å²) in [5.74, 6) is 5.70. The molecule has 0 amide bonds. The summed E-state index contributed by atoms with van der Waals surface area (Å²) in [5.41, 5.74) is 1.96. The zero-order valence-electron chi connectivity index (χ0n) is 12.2. The molecule has 110 valence electrons. The Hall–Kier alpha value is -2.57. The third-order valence-electron chi connectivity index (χ3n) is 3.38. The lowest BCUT2D eigenvalue weighted by molar-refractivity contribution is -0.144. The summed E-state index contributed by atoms with van der Waals surface area (Å²) in [7, 11) is 0. The van der Waals surface area contributed by atoms with E-state index in [2.05, 4.69) is 11.8 Å². The third-order valence-corrected chi connectivity index (χ3v) is 3.38. The molecule has 22 heavy (non-hydrogen) atoms. The van der Waals surface area contributed by atoms with E-state index in [0.29, 0.717) is 0 Å². The SMILES string of the molecule is CC(=O)OC(C#Cc1ccccc1)C1OC1c1ccccc1. The van der Waals surface area contributed by atoms with Gasteiger partial charge in [0, 0.05) is 12.5 Å². The molecule has 1 aliphatic rings. The van der Waals surface area contributed by atoms with Crippen LogP contribution in [0.3, 0.4) is 0 Å². The van der Waals surface area contributed by atoms with Crippen LogP contribution in [0.2, 0.25) is 0 Å². The summed E-state index contributed by atoms with van der Waals surface area (Å²) in [4.78, 5) is 11.3. The highest BCUT2D eigenvalue weighted by Gasteiger charge is 2.47. The second-order valence-corrected chi connectivity index (χ2v) is 5.10. The van der Waals surface area contributed by atoms with Gasteiger partial charge in [-0.3, -0.25) is 4.79 Å². The van der Waals surface area contributed by atoms with Gasteiger partial charge in [-0.05, 0) is 17.7 Å². The summed E-state index contributed by atoms with van der Waals surface area (Å²) >= 11 is 0. The number of hydrogen-bond acceptors (Lipinski definition) is 3. The first-order valence-corrected chi connectivity index (χ1v) is 7.18. The maximum Gasteiger partial charge on any atom is 0.303 e. The van der Waals surface area contributed by atoms with E-state index in [1.165, 1.54) is 6.92 Å².